The van der Waals surface area contributed by atoms with E-state index in [9.17, 15) is 15.0 Å². The standard InChI is InChI=1S/C25H26O4/c1-3-29-22-15-14-20(25(27)28)24(26)23(22)21(19-12-8-5-9-13-19)16-17(2)18-10-6-4-7-11-18/h4-15,17,21,26H,3,16H2,1-2H3,(H,27,28). The smallest absolute Gasteiger partial charge is 0.339 e. The molecule has 2 N–H and O–H groups in total. The Morgan fingerprint density at radius 3 is 2.07 bits per heavy atom. The number of aromatic hydroxyl groups is 1. The van der Waals surface area contributed by atoms with Crippen LogP contribution in [-0.4, -0.2) is 22.8 Å². The van der Waals surface area contributed by atoms with E-state index in [2.05, 4.69) is 19.1 Å². The van der Waals surface area contributed by atoms with Gasteiger partial charge in [-0.1, -0.05) is 67.6 Å². The van der Waals surface area contributed by atoms with Crippen LogP contribution in [0.15, 0.2) is 72.8 Å². The molecule has 0 heterocycles. The van der Waals surface area contributed by atoms with Crippen LogP contribution >= 0.6 is 0 Å². The van der Waals surface area contributed by atoms with E-state index in [0.717, 1.165) is 5.56 Å². The molecule has 3 aromatic carbocycles. The molecule has 29 heavy (non-hydrogen) atoms. The van der Waals surface area contributed by atoms with Crippen molar-refractivity contribution in [2.75, 3.05) is 6.61 Å². The minimum absolute atomic E-state index is 0.114. The van der Waals surface area contributed by atoms with E-state index in [1.807, 2.05) is 55.5 Å². The molecule has 0 radical (unpaired) electrons. The van der Waals surface area contributed by atoms with Crippen molar-refractivity contribution in [3.8, 4) is 11.5 Å². The first-order valence-electron chi connectivity index (χ1n) is 9.84. The zero-order valence-corrected chi connectivity index (χ0v) is 16.7. The first-order valence-corrected chi connectivity index (χ1v) is 9.84. The Labute approximate surface area is 171 Å². The van der Waals surface area contributed by atoms with Gasteiger partial charge in [-0.2, -0.15) is 0 Å². The SMILES string of the molecule is CCOc1ccc(C(=O)O)c(O)c1C(CC(C)c1ccccc1)c1ccccc1. The molecule has 3 aromatic rings. The summed E-state index contributed by atoms with van der Waals surface area (Å²) in [5.41, 5.74) is 2.62. The normalized spacial score (nSPS) is 12.9. The number of hydrogen-bond donors (Lipinski definition) is 2. The predicted molar refractivity (Wildman–Crippen MR) is 114 cm³/mol. The zero-order valence-electron chi connectivity index (χ0n) is 16.7. The van der Waals surface area contributed by atoms with Crippen LogP contribution in [0, 0.1) is 0 Å². The monoisotopic (exact) mass is 390 g/mol. The van der Waals surface area contributed by atoms with Crippen LogP contribution in [-0.2, 0) is 0 Å². The number of phenols is 1. The number of benzene rings is 3. The summed E-state index contributed by atoms with van der Waals surface area (Å²) < 4.78 is 5.79. The Morgan fingerprint density at radius 2 is 1.52 bits per heavy atom. The van der Waals surface area contributed by atoms with Gasteiger partial charge in [0.05, 0.1) is 6.61 Å². The number of aromatic carboxylic acids is 1. The van der Waals surface area contributed by atoms with E-state index in [0.29, 0.717) is 24.3 Å². The second-order valence-electron chi connectivity index (χ2n) is 7.12. The van der Waals surface area contributed by atoms with E-state index in [4.69, 9.17) is 4.74 Å². The number of hydrogen-bond acceptors (Lipinski definition) is 3. The Hall–Kier alpha value is -3.27. The Balaban J connectivity index is 2.13. The number of rotatable bonds is 8. The van der Waals surface area contributed by atoms with Gasteiger partial charge in [0.1, 0.15) is 17.1 Å². The third-order valence-corrected chi connectivity index (χ3v) is 5.22. The van der Waals surface area contributed by atoms with Crippen molar-refractivity contribution >= 4 is 5.97 Å². The lowest BCUT2D eigenvalue weighted by molar-refractivity contribution is 0.0693. The molecule has 0 amide bonds. The van der Waals surface area contributed by atoms with Gasteiger partial charge in [-0.3, -0.25) is 0 Å². The summed E-state index contributed by atoms with van der Waals surface area (Å²) in [6, 6.07) is 23.1. The molecule has 3 rings (SSSR count). The Kier molecular flexibility index (Phi) is 6.55. The highest BCUT2D eigenvalue weighted by Crippen LogP contribution is 2.44. The minimum Gasteiger partial charge on any atom is -0.507 e. The van der Waals surface area contributed by atoms with Crippen LogP contribution < -0.4 is 4.74 Å². The zero-order chi connectivity index (χ0) is 20.8. The summed E-state index contributed by atoms with van der Waals surface area (Å²) in [7, 11) is 0. The van der Waals surface area contributed by atoms with Gasteiger partial charge in [0, 0.05) is 11.5 Å². The van der Waals surface area contributed by atoms with E-state index in [1.54, 1.807) is 6.07 Å². The van der Waals surface area contributed by atoms with Crippen molar-refractivity contribution in [1.29, 1.82) is 0 Å². The molecule has 150 valence electrons. The van der Waals surface area contributed by atoms with Crippen molar-refractivity contribution in [2.24, 2.45) is 0 Å². The molecule has 0 saturated heterocycles. The third-order valence-electron chi connectivity index (χ3n) is 5.22. The predicted octanol–water partition coefficient (Wildman–Crippen LogP) is 5.81. The highest BCUT2D eigenvalue weighted by Gasteiger charge is 2.28. The molecule has 4 nitrogen and oxygen atoms in total. The highest BCUT2D eigenvalue weighted by molar-refractivity contribution is 5.92. The fraction of sp³-hybridized carbons (Fsp3) is 0.240. The molecule has 0 saturated carbocycles. The van der Waals surface area contributed by atoms with Crippen molar-refractivity contribution in [1.82, 2.24) is 0 Å². The maximum atomic E-state index is 11.6. The first kappa shape index (κ1) is 20.5. The summed E-state index contributed by atoms with van der Waals surface area (Å²) in [6.07, 6.45) is 0.699. The topological polar surface area (TPSA) is 66.8 Å². The summed E-state index contributed by atoms with van der Waals surface area (Å²) >= 11 is 0. The molecular weight excluding hydrogens is 364 g/mol. The number of carboxylic acid groups (broad SMARTS) is 1. The van der Waals surface area contributed by atoms with E-state index in [-0.39, 0.29) is 23.1 Å². The molecule has 0 aromatic heterocycles. The molecule has 0 bridgehead atoms. The average Bonchev–Trinajstić information content (AvgIpc) is 2.74. The molecule has 0 spiro atoms. The summed E-state index contributed by atoms with van der Waals surface area (Å²) in [4.78, 5) is 11.6. The molecule has 0 aliphatic carbocycles. The van der Waals surface area contributed by atoms with E-state index >= 15 is 0 Å². The van der Waals surface area contributed by atoms with Crippen molar-refractivity contribution in [3.05, 3.63) is 95.1 Å². The molecule has 4 heteroatoms. The van der Waals surface area contributed by atoms with Gasteiger partial charge < -0.3 is 14.9 Å². The second-order valence-corrected chi connectivity index (χ2v) is 7.12. The van der Waals surface area contributed by atoms with Crippen LogP contribution in [0.5, 0.6) is 11.5 Å². The largest absolute Gasteiger partial charge is 0.507 e. The van der Waals surface area contributed by atoms with Gasteiger partial charge >= 0.3 is 5.97 Å². The lowest BCUT2D eigenvalue weighted by Gasteiger charge is -2.26. The van der Waals surface area contributed by atoms with Gasteiger partial charge in [-0.25, -0.2) is 4.79 Å². The van der Waals surface area contributed by atoms with Crippen molar-refractivity contribution in [2.45, 2.75) is 32.1 Å². The van der Waals surface area contributed by atoms with Crippen LogP contribution in [0.25, 0.3) is 0 Å². The molecule has 0 aliphatic heterocycles. The van der Waals surface area contributed by atoms with Crippen LogP contribution in [0.2, 0.25) is 0 Å². The van der Waals surface area contributed by atoms with Gasteiger partial charge in [0.2, 0.25) is 0 Å². The van der Waals surface area contributed by atoms with Gasteiger partial charge in [0.25, 0.3) is 0 Å². The maximum absolute atomic E-state index is 11.6. The molecular formula is C25H26O4. The summed E-state index contributed by atoms with van der Waals surface area (Å²) in [5.74, 6) is -0.882. The summed E-state index contributed by atoms with van der Waals surface area (Å²) in [5, 5.41) is 20.4. The van der Waals surface area contributed by atoms with Crippen molar-refractivity contribution in [3.63, 3.8) is 0 Å². The highest BCUT2D eigenvalue weighted by atomic mass is 16.5. The van der Waals surface area contributed by atoms with Crippen molar-refractivity contribution < 1.29 is 19.7 Å². The lowest BCUT2D eigenvalue weighted by Crippen LogP contribution is -2.11. The third kappa shape index (κ3) is 4.60. The van der Waals surface area contributed by atoms with E-state index in [1.165, 1.54) is 11.6 Å². The maximum Gasteiger partial charge on any atom is 0.339 e. The van der Waals surface area contributed by atoms with Crippen LogP contribution in [0.1, 0.15) is 59.2 Å². The van der Waals surface area contributed by atoms with Crippen LogP contribution in [0.4, 0.5) is 0 Å². The quantitative estimate of drug-likeness (QED) is 0.509. The summed E-state index contributed by atoms with van der Waals surface area (Å²) in [6.45, 7) is 4.44. The molecule has 0 fully saturated rings. The minimum atomic E-state index is -1.16. The second kappa shape index (κ2) is 9.28. The fourth-order valence-corrected chi connectivity index (χ4v) is 3.76. The van der Waals surface area contributed by atoms with Gasteiger partial charge in [0.15, 0.2) is 0 Å². The number of carbonyl (C=O) groups is 1. The molecule has 2 unspecified atom stereocenters. The van der Waals surface area contributed by atoms with Crippen LogP contribution in [0.3, 0.4) is 0 Å². The molecule has 2 atom stereocenters. The Bertz CT molecular complexity index is 951. The Morgan fingerprint density at radius 1 is 0.931 bits per heavy atom. The lowest BCUT2D eigenvalue weighted by atomic mass is 9.80. The number of carboxylic acids is 1. The van der Waals surface area contributed by atoms with Gasteiger partial charge in [-0.15, -0.1) is 0 Å². The number of ether oxygens (including phenoxy) is 1. The van der Waals surface area contributed by atoms with Gasteiger partial charge in [-0.05, 0) is 42.5 Å². The first-order chi connectivity index (χ1) is 14.0. The average molecular weight is 390 g/mol. The molecule has 0 aliphatic rings. The fourth-order valence-electron chi connectivity index (χ4n) is 3.76. The van der Waals surface area contributed by atoms with E-state index < -0.39 is 5.97 Å².